The van der Waals surface area contributed by atoms with Crippen LogP contribution >= 0.6 is 0 Å². The van der Waals surface area contributed by atoms with Crippen molar-refractivity contribution in [3.8, 4) is 0 Å². The van der Waals surface area contributed by atoms with Gasteiger partial charge in [-0.2, -0.15) is 0 Å². The van der Waals surface area contributed by atoms with E-state index < -0.39 is 21.9 Å². The molecule has 1 aromatic heterocycles. The summed E-state index contributed by atoms with van der Waals surface area (Å²) < 4.78 is 40.2. The van der Waals surface area contributed by atoms with Gasteiger partial charge in [0.2, 0.25) is 10.0 Å². The third-order valence-electron chi connectivity index (χ3n) is 2.94. The van der Waals surface area contributed by atoms with Crippen LogP contribution in [0, 0.1) is 5.82 Å². The van der Waals surface area contributed by atoms with E-state index in [1.807, 2.05) is 0 Å². The number of aliphatic hydroxyl groups is 1. The van der Waals surface area contributed by atoms with Gasteiger partial charge in [-0.05, 0) is 30.3 Å². The first-order valence-corrected chi connectivity index (χ1v) is 7.95. The zero-order chi connectivity index (χ0) is 16.2. The molecule has 0 spiro atoms. The van der Waals surface area contributed by atoms with E-state index in [2.05, 4.69) is 4.72 Å². The molecule has 0 radical (unpaired) electrons. The van der Waals surface area contributed by atoms with Gasteiger partial charge in [-0.3, -0.25) is 4.79 Å². The van der Waals surface area contributed by atoms with E-state index in [0.717, 1.165) is 24.3 Å². The molecule has 0 aliphatic carbocycles. The summed E-state index contributed by atoms with van der Waals surface area (Å²) in [5.41, 5.74) is -0.289. The Hall–Kier alpha value is -2.03. The van der Waals surface area contributed by atoms with Crippen molar-refractivity contribution in [2.45, 2.75) is 17.5 Å². The summed E-state index contributed by atoms with van der Waals surface area (Å²) in [5, 5.41) is 9.83. The van der Waals surface area contributed by atoms with Gasteiger partial charge in [0.05, 0.1) is 17.5 Å². The predicted molar refractivity (Wildman–Crippen MR) is 78.3 cm³/mol. The summed E-state index contributed by atoms with van der Waals surface area (Å²) in [6.07, 6.45) is 0.426. The van der Waals surface area contributed by atoms with Gasteiger partial charge in [-0.1, -0.05) is 6.07 Å². The number of nitrogens with zero attached hydrogens (tertiary/aromatic N) is 1. The predicted octanol–water partition coefficient (Wildman–Crippen LogP) is 0.327. The van der Waals surface area contributed by atoms with E-state index in [4.69, 9.17) is 0 Å². The monoisotopic (exact) mass is 326 g/mol. The maximum absolute atomic E-state index is 12.8. The van der Waals surface area contributed by atoms with Gasteiger partial charge in [0.15, 0.2) is 0 Å². The first kappa shape index (κ1) is 16.3. The number of sulfonamides is 1. The summed E-state index contributed by atoms with van der Waals surface area (Å²) in [5.74, 6) is -0.539. The highest BCUT2D eigenvalue weighted by molar-refractivity contribution is 7.89. The second-order valence-corrected chi connectivity index (χ2v) is 6.42. The van der Waals surface area contributed by atoms with Crippen LogP contribution in [-0.2, 0) is 16.6 Å². The third-order valence-corrected chi connectivity index (χ3v) is 4.38. The summed E-state index contributed by atoms with van der Waals surface area (Å²) in [4.78, 5) is 11.4. The molecule has 0 saturated carbocycles. The van der Waals surface area contributed by atoms with Crippen LogP contribution in [0.2, 0.25) is 0 Å². The molecule has 0 bridgehead atoms. The first-order chi connectivity index (χ1) is 10.4. The molecule has 0 aliphatic heterocycles. The van der Waals surface area contributed by atoms with Crippen LogP contribution in [0.4, 0.5) is 4.39 Å². The Morgan fingerprint density at radius 3 is 2.50 bits per heavy atom. The van der Waals surface area contributed by atoms with Crippen LogP contribution in [0.25, 0.3) is 0 Å². The van der Waals surface area contributed by atoms with Gasteiger partial charge in [0, 0.05) is 18.8 Å². The normalized spacial score (nSPS) is 13.0. The van der Waals surface area contributed by atoms with Crippen LogP contribution < -0.4 is 10.3 Å². The Balaban J connectivity index is 1.98. The molecule has 8 heteroatoms. The standard InChI is InChI=1S/C14H15FN2O4S/c15-11-4-6-13(7-5-11)22(20,21)16-9-12(18)10-17-8-2-1-3-14(17)19/h1-8,12,16,18H,9-10H2. The van der Waals surface area contributed by atoms with Crippen LogP contribution in [0.1, 0.15) is 0 Å². The zero-order valence-corrected chi connectivity index (χ0v) is 12.3. The number of aromatic nitrogens is 1. The molecule has 0 fully saturated rings. The fraction of sp³-hybridized carbons (Fsp3) is 0.214. The Kier molecular flexibility index (Phi) is 5.07. The molecule has 2 aromatic rings. The molecular weight excluding hydrogens is 311 g/mol. The highest BCUT2D eigenvalue weighted by Crippen LogP contribution is 2.09. The number of aliphatic hydroxyl groups excluding tert-OH is 1. The molecule has 1 heterocycles. The molecule has 0 aliphatic rings. The molecule has 1 atom stereocenters. The molecule has 0 saturated heterocycles. The second-order valence-electron chi connectivity index (χ2n) is 4.65. The Morgan fingerprint density at radius 1 is 1.18 bits per heavy atom. The molecular formula is C14H15FN2O4S. The van der Waals surface area contributed by atoms with E-state index in [0.29, 0.717) is 0 Å². The molecule has 1 unspecified atom stereocenters. The molecule has 2 N–H and O–H groups in total. The van der Waals surface area contributed by atoms with Gasteiger partial charge in [-0.15, -0.1) is 0 Å². The summed E-state index contributed by atoms with van der Waals surface area (Å²) in [7, 11) is -3.84. The van der Waals surface area contributed by atoms with Crippen molar-refractivity contribution in [1.29, 1.82) is 0 Å². The van der Waals surface area contributed by atoms with E-state index in [-0.39, 0.29) is 23.5 Å². The number of nitrogens with one attached hydrogen (secondary N) is 1. The number of rotatable bonds is 6. The van der Waals surface area contributed by atoms with E-state index in [9.17, 15) is 22.7 Å². The van der Waals surface area contributed by atoms with Gasteiger partial charge >= 0.3 is 0 Å². The number of halogens is 1. The largest absolute Gasteiger partial charge is 0.390 e. The summed E-state index contributed by atoms with van der Waals surface area (Å²) in [6, 6.07) is 8.88. The molecule has 1 aromatic carbocycles. The van der Waals surface area contributed by atoms with E-state index >= 15 is 0 Å². The smallest absolute Gasteiger partial charge is 0.250 e. The van der Waals surface area contributed by atoms with Crippen molar-refractivity contribution in [3.63, 3.8) is 0 Å². The lowest BCUT2D eigenvalue weighted by Gasteiger charge is -2.13. The zero-order valence-electron chi connectivity index (χ0n) is 11.5. The maximum atomic E-state index is 12.8. The lowest BCUT2D eigenvalue weighted by atomic mass is 10.3. The minimum Gasteiger partial charge on any atom is -0.390 e. The Bertz CT molecular complexity index is 787. The fourth-order valence-corrected chi connectivity index (χ4v) is 2.88. The molecule has 22 heavy (non-hydrogen) atoms. The van der Waals surface area contributed by atoms with Crippen molar-refractivity contribution in [2.24, 2.45) is 0 Å². The molecule has 0 amide bonds. The van der Waals surface area contributed by atoms with Crippen molar-refractivity contribution < 1.29 is 17.9 Å². The van der Waals surface area contributed by atoms with Crippen molar-refractivity contribution in [3.05, 3.63) is 64.8 Å². The molecule has 2 rings (SSSR count). The first-order valence-electron chi connectivity index (χ1n) is 6.47. The average molecular weight is 326 g/mol. The van der Waals surface area contributed by atoms with Crippen LogP contribution in [0.15, 0.2) is 58.4 Å². The highest BCUT2D eigenvalue weighted by atomic mass is 32.2. The maximum Gasteiger partial charge on any atom is 0.250 e. The minimum atomic E-state index is -3.84. The van der Waals surface area contributed by atoms with Gasteiger partial charge < -0.3 is 9.67 Å². The summed E-state index contributed by atoms with van der Waals surface area (Å²) in [6.45, 7) is -0.299. The Morgan fingerprint density at radius 2 is 1.86 bits per heavy atom. The van der Waals surface area contributed by atoms with Crippen LogP contribution in [-0.4, -0.2) is 30.7 Å². The van der Waals surface area contributed by atoms with Crippen LogP contribution in [0.3, 0.4) is 0 Å². The number of hydrogen-bond acceptors (Lipinski definition) is 4. The molecule has 6 nitrogen and oxygen atoms in total. The number of pyridine rings is 1. The topological polar surface area (TPSA) is 88.4 Å². The van der Waals surface area contributed by atoms with E-state index in [1.54, 1.807) is 12.1 Å². The van der Waals surface area contributed by atoms with Crippen molar-refractivity contribution >= 4 is 10.0 Å². The third kappa shape index (κ3) is 4.23. The quantitative estimate of drug-likeness (QED) is 0.800. The number of hydrogen-bond donors (Lipinski definition) is 2. The SMILES string of the molecule is O=c1ccccn1CC(O)CNS(=O)(=O)c1ccc(F)cc1. The lowest BCUT2D eigenvalue weighted by molar-refractivity contribution is 0.156. The van der Waals surface area contributed by atoms with Gasteiger partial charge in [0.1, 0.15) is 5.82 Å². The second kappa shape index (κ2) is 6.82. The van der Waals surface area contributed by atoms with Gasteiger partial charge in [-0.25, -0.2) is 17.5 Å². The highest BCUT2D eigenvalue weighted by Gasteiger charge is 2.16. The number of benzene rings is 1. The fourth-order valence-electron chi connectivity index (χ4n) is 1.81. The van der Waals surface area contributed by atoms with Crippen LogP contribution in [0.5, 0.6) is 0 Å². The van der Waals surface area contributed by atoms with E-state index in [1.165, 1.54) is 16.8 Å². The molecule has 118 valence electrons. The Labute approximate surface area is 126 Å². The van der Waals surface area contributed by atoms with Crippen molar-refractivity contribution in [2.75, 3.05) is 6.54 Å². The van der Waals surface area contributed by atoms with Gasteiger partial charge in [0.25, 0.3) is 5.56 Å². The van der Waals surface area contributed by atoms with Crippen molar-refractivity contribution in [1.82, 2.24) is 9.29 Å². The average Bonchev–Trinajstić information content (AvgIpc) is 2.48. The lowest BCUT2D eigenvalue weighted by Crippen LogP contribution is -2.36. The summed E-state index contributed by atoms with van der Waals surface area (Å²) >= 11 is 0. The minimum absolute atomic E-state index is 0.0361.